The van der Waals surface area contributed by atoms with Crippen molar-refractivity contribution in [3.63, 3.8) is 0 Å². The van der Waals surface area contributed by atoms with Crippen LogP contribution < -0.4 is 5.32 Å². The second-order valence-corrected chi connectivity index (χ2v) is 5.99. The molecule has 4 heteroatoms. The Balaban J connectivity index is 2.31. The summed E-state index contributed by atoms with van der Waals surface area (Å²) in [4.78, 5) is 13.8. The van der Waals surface area contributed by atoms with Crippen LogP contribution in [0.5, 0.6) is 0 Å². The van der Waals surface area contributed by atoms with E-state index >= 15 is 0 Å². The molecule has 17 heavy (non-hydrogen) atoms. The van der Waals surface area contributed by atoms with Crippen LogP contribution in [0, 0.1) is 0 Å². The maximum absolute atomic E-state index is 11.9. The molecule has 1 fully saturated rings. The molecule has 1 aliphatic carbocycles. The zero-order chi connectivity index (χ0) is 12.7. The molecule has 0 aromatic rings. The minimum atomic E-state index is 0.238. The van der Waals surface area contributed by atoms with Gasteiger partial charge in [0.25, 0.3) is 0 Å². The van der Waals surface area contributed by atoms with Gasteiger partial charge in [0.15, 0.2) is 0 Å². The van der Waals surface area contributed by atoms with Crippen LogP contribution in [0.25, 0.3) is 0 Å². The third-order valence-electron chi connectivity index (χ3n) is 3.46. The molecular weight excluding hydrogens is 232 g/mol. The molecule has 1 aliphatic rings. The number of amides is 1. The summed E-state index contributed by atoms with van der Waals surface area (Å²) in [7, 11) is 0. The van der Waals surface area contributed by atoms with Crippen LogP contribution in [0.2, 0.25) is 0 Å². The van der Waals surface area contributed by atoms with Crippen LogP contribution in [0.4, 0.5) is 0 Å². The summed E-state index contributed by atoms with van der Waals surface area (Å²) >= 11 is 2.03. The van der Waals surface area contributed by atoms with E-state index in [0.29, 0.717) is 17.8 Å². The maximum Gasteiger partial charge on any atom is 0.236 e. The molecule has 1 rings (SSSR count). The van der Waals surface area contributed by atoms with E-state index in [2.05, 4.69) is 12.2 Å². The van der Waals surface area contributed by atoms with E-state index in [1.54, 1.807) is 0 Å². The molecule has 100 valence electrons. The van der Waals surface area contributed by atoms with Gasteiger partial charge in [0.05, 0.1) is 6.54 Å². The van der Waals surface area contributed by atoms with Gasteiger partial charge in [0.2, 0.25) is 5.91 Å². The number of nitrogens with zero attached hydrogens (tertiary/aromatic N) is 1. The predicted octanol–water partition coefficient (Wildman–Crippen LogP) is 2.12. The smallest absolute Gasteiger partial charge is 0.236 e. The van der Waals surface area contributed by atoms with E-state index in [-0.39, 0.29) is 5.91 Å². The van der Waals surface area contributed by atoms with E-state index in [4.69, 9.17) is 0 Å². The summed E-state index contributed by atoms with van der Waals surface area (Å²) in [5, 5.41) is 4.17. The summed E-state index contributed by atoms with van der Waals surface area (Å²) in [6.07, 6.45) is 3.83. The maximum atomic E-state index is 11.9. The Morgan fingerprint density at radius 1 is 1.29 bits per heavy atom. The second kappa shape index (κ2) is 7.98. The van der Waals surface area contributed by atoms with Crippen molar-refractivity contribution in [3.8, 4) is 0 Å². The first-order valence-corrected chi connectivity index (χ1v) is 7.90. The second-order valence-electron chi connectivity index (χ2n) is 4.48. The van der Waals surface area contributed by atoms with E-state index in [1.165, 1.54) is 25.0 Å². The molecule has 2 atom stereocenters. The van der Waals surface area contributed by atoms with Gasteiger partial charge in [0, 0.05) is 24.4 Å². The Kier molecular flexibility index (Phi) is 6.97. The van der Waals surface area contributed by atoms with E-state index in [9.17, 15) is 4.79 Å². The van der Waals surface area contributed by atoms with Gasteiger partial charge in [-0.25, -0.2) is 0 Å². The quantitative estimate of drug-likeness (QED) is 0.759. The SMILES string of the molecule is CCSC1CCCC1NCC(=O)N(CC)CC. The van der Waals surface area contributed by atoms with Crippen molar-refractivity contribution in [1.29, 1.82) is 0 Å². The molecule has 0 aliphatic heterocycles. The Hall–Kier alpha value is -0.220. The number of carbonyl (C=O) groups is 1. The highest BCUT2D eigenvalue weighted by molar-refractivity contribution is 7.99. The number of hydrogen-bond donors (Lipinski definition) is 1. The van der Waals surface area contributed by atoms with Crippen molar-refractivity contribution in [2.75, 3.05) is 25.4 Å². The van der Waals surface area contributed by atoms with Gasteiger partial charge in [-0.1, -0.05) is 13.3 Å². The summed E-state index contributed by atoms with van der Waals surface area (Å²) in [6.45, 7) is 8.41. The monoisotopic (exact) mass is 258 g/mol. The third-order valence-corrected chi connectivity index (χ3v) is 4.79. The molecule has 1 N–H and O–H groups in total. The number of thioether (sulfide) groups is 1. The molecule has 0 aromatic heterocycles. The van der Waals surface area contributed by atoms with E-state index < -0.39 is 0 Å². The van der Waals surface area contributed by atoms with Crippen LogP contribution in [-0.4, -0.2) is 47.5 Å². The fourth-order valence-electron chi connectivity index (χ4n) is 2.48. The minimum absolute atomic E-state index is 0.238. The van der Waals surface area contributed by atoms with E-state index in [0.717, 1.165) is 13.1 Å². The van der Waals surface area contributed by atoms with Gasteiger partial charge in [-0.3, -0.25) is 4.79 Å². The summed E-state index contributed by atoms with van der Waals surface area (Å²) in [5.74, 6) is 1.41. The van der Waals surface area contributed by atoms with Gasteiger partial charge >= 0.3 is 0 Å². The molecule has 0 bridgehead atoms. The Labute approximate surface area is 110 Å². The van der Waals surface area contributed by atoms with Crippen LogP contribution in [0.1, 0.15) is 40.0 Å². The van der Waals surface area contributed by atoms with Crippen LogP contribution in [0.15, 0.2) is 0 Å². The average Bonchev–Trinajstić information content (AvgIpc) is 2.76. The van der Waals surface area contributed by atoms with Gasteiger partial charge in [-0.05, 0) is 32.4 Å². The Bertz CT molecular complexity index is 231. The minimum Gasteiger partial charge on any atom is -0.342 e. The topological polar surface area (TPSA) is 32.3 Å². The average molecular weight is 258 g/mol. The summed E-state index contributed by atoms with van der Waals surface area (Å²) in [6, 6.07) is 0.541. The molecule has 0 radical (unpaired) electrons. The Morgan fingerprint density at radius 3 is 2.59 bits per heavy atom. The predicted molar refractivity (Wildman–Crippen MR) is 75.5 cm³/mol. The lowest BCUT2D eigenvalue weighted by molar-refractivity contribution is -0.129. The highest BCUT2D eigenvalue weighted by Crippen LogP contribution is 2.29. The molecule has 3 nitrogen and oxygen atoms in total. The van der Waals surface area contributed by atoms with Crippen LogP contribution in [0.3, 0.4) is 0 Å². The number of hydrogen-bond acceptors (Lipinski definition) is 3. The van der Waals surface area contributed by atoms with Crippen molar-refractivity contribution in [3.05, 3.63) is 0 Å². The summed E-state index contributed by atoms with van der Waals surface area (Å²) < 4.78 is 0. The first kappa shape index (κ1) is 14.8. The molecule has 1 amide bonds. The molecule has 0 aromatic carbocycles. The number of rotatable bonds is 7. The molecule has 0 spiro atoms. The largest absolute Gasteiger partial charge is 0.342 e. The highest BCUT2D eigenvalue weighted by atomic mass is 32.2. The zero-order valence-electron chi connectivity index (χ0n) is 11.4. The lowest BCUT2D eigenvalue weighted by Crippen LogP contribution is -2.43. The van der Waals surface area contributed by atoms with Crippen molar-refractivity contribution < 1.29 is 4.79 Å². The zero-order valence-corrected chi connectivity index (χ0v) is 12.2. The standard InChI is InChI=1S/C13H26N2OS/c1-4-15(5-2)13(16)10-14-11-8-7-9-12(11)17-6-3/h11-12,14H,4-10H2,1-3H3. The molecule has 1 saturated carbocycles. The van der Waals surface area contributed by atoms with Crippen LogP contribution in [-0.2, 0) is 4.79 Å². The van der Waals surface area contributed by atoms with Gasteiger partial charge < -0.3 is 10.2 Å². The van der Waals surface area contributed by atoms with Crippen molar-refractivity contribution >= 4 is 17.7 Å². The number of likely N-dealkylation sites (N-methyl/N-ethyl adjacent to an activating group) is 1. The third kappa shape index (κ3) is 4.51. The lowest BCUT2D eigenvalue weighted by Gasteiger charge is -2.23. The Morgan fingerprint density at radius 2 is 2.00 bits per heavy atom. The normalized spacial score (nSPS) is 23.9. The van der Waals surface area contributed by atoms with Crippen molar-refractivity contribution in [1.82, 2.24) is 10.2 Å². The van der Waals surface area contributed by atoms with Crippen molar-refractivity contribution in [2.45, 2.75) is 51.3 Å². The van der Waals surface area contributed by atoms with E-state index in [1.807, 2.05) is 30.5 Å². The number of carbonyl (C=O) groups excluding carboxylic acids is 1. The van der Waals surface area contributed by atoms with Gasteiger partial charge in [-0.2, -0.15) is 11.8 Å². The first-order valence-electron chi connectivity index (χ1n) is 6.85. The first-order chi connectivity index (χ1) is 8.22. The lowest BCUT2D eigenvalue weighted by atomic mass is 10.2. The van der Waals surface area contributed by atoms with Crippen LogP contribution >= 0.6 is 11.8 Å². The highest BCUT2D eigenvalue weighted by Gasteiger charge is 2.27. The number of nitrogens with one attached hydrogen (secondary N) is 1. The summed E-state index contributed by atoms with van der Waals surface area (Å²) in [5.41, 5.74) is 0. The fraction of sp³-hybridized carbons (Fsp3) is 0.923. The molecule has 2 unspecified atom stereocenters. The van der Waals surface area contributed by atoms with Gasteiger partial charge in [0.1, 0.15) is 0 Å². The van der Waals surface area contributed by atoms with Crippen molar-refractivity contribution in [2.24, 2.45) is 0 Å². The molecule has 0 saturated heterocycles. The fourth-order valence-corrected chi connectivity index (χ4v) is 3.71. The molecule has 0 heterocycles. The molecular formula is C13H26N2OS. The van der Waals surface area contributed by atoms with Gasteiger partial charge in [-0.15, -0.1) is 0 Å².